The first-order chi connectivity index (χ1) is 12.1. The van der Waals surface area contributed by atoms with Crippen molar-refractivity contribution in [1.82, 2.24) is 20.1 Å². The Balaban J connectivity index is 1.50. The van der Waals surface area contributed by atoms with Crippen molar-refractivity contribution >= 4 is 0 Å². The maximum absolute atomic E-state index is 5.95. The number of hydrogen-bond donors (Lipinski definition) is 1. The van der Waals surface area contributed by atoms with E-state index in [4.69, 9.17) is 14.5 Å². The summed E-state index contributed by atoms with van der Waals surface area (Å²) in [5.41, 5.74) is 1.20. The zero-order chi connectivity index (χ0) is 17.4. The number of nitrogens with zero attached hydrogens (tertiary/aromatic N) is 3. The summed E-state index contributed by atoms with van der Waals surface area (Å²) in [5.74, 6) is 4.22. The van der Waals surface area contributed by atoms with Crippen LogP contribution in [0.2, 0.25) is 0 Å². The molecule has 4 rings (SSSR count). The largest absolute Gasteiger partial charge is 0.497 e. The van der Waals surface area contributed by atoms with E-state index < -0.39 is 0 Å². The van der Waals surface area contributed by atoms with Crippen molar-refractivity contribution in [2.45, 2.75) is 57.7 Å². The van der Waals surface area contributed by atoms with Gasteiger partial charge in [-0.05, 0) is 43.0 Å². The molecule has 0 fully saturated rings. The quantitative estimate of drug-likeness (QED) is 0.926. The minimum atomic E-state index is 0.245. The molecule has 25 heavy (non-hydrogen) atoms. The summed E-state index contributed by atoms with van der Waals surface area (Å²) < 4.78 is 13.4. The van der Waals surface area contributed by atoms with Crippen LogP contribution in [-0.4, -0.2) is 34.5 Å². The molecule has 1 aromatic heterocycles. The minimum absolute atomic E-state index is 0.245. The summed E-state index contributed by atoms with van der Waals surface area (Å²) in [6.07, 6.45) is 3.16. The second kappa shape index (κ2) is 6.67. The van der Waals surface area contributed by atoms with Gasteiger partial charge in [-0.1, -0.05) is 13.8 Å². The smallest absolute Gasteiger partial charge is 0.153 e. The number of ether oxygens (including phenoxy) is 2. The van der Waals surface area contributed by atoms with Crippen molar-refractivity contribution in [3.05, 3.63) is 35.4 Å². The minimum Gasteiger partial charge on any atom is -0.497 e. The van der Waals surface area contributed by atoms with Crippen molar-refractivity contribution in [2.24, 2.45) is 0 Å². The predicted molar refractivity (Wildman–Crippen MR) is 95.2 cm³/mol. The van der Waals surface area contributed by atoms with Crippen LogP contribution in [-0.2, 0) is 13.0 Å². The van der Waals surface area contributed by atoms with Gasteiger partial charge in [0.25, 0.3) is 0 Å². The molecule has 6 heteroatoms. The number of aromatic nitrogens is 3. The molecule has 0 aliphatic carbocycles. The lowest BCUT2D eigenvalue weighted by atomic mass is 9.99. The average Bonchev–Trinajstić information content (AvgIpc) is 3.07. The normalized spacial score (nSPS) is 22.2. The summed E-state index contributed by atoms with van der Waals surface area (Å²) in [6, 6.07) is 6.54. The van der Waals surface area contributed by atoms with Gasteiger partial charge >= 0.3 is 0 Å². The SMILES string of the molecule is COc1ccc2c(c1)CC(NC1CCCn3nc(C(C)C)nc31)CO2. The fraction of sp³-hybridized carbons (Fsp3) is 0.579. The van der Waals surface area contributed by atoms with Crippen LogP contribution in [0.5, 0.6) is 11.5 Å². The topological polar surface area (TPSA) is 61.2 Å². The Bertz CT molecular complexity index is 756. The summed E-state index contributed by atoms with van der Waals surface area (Å²) >= 11 is 0. The number of nitrogens with one attached hydrogen (secondary N) is 1. The highest BCUT2D eigenvalue weighted by Crippen LogP contribution is 2.31. The fourth-order valence-electron chi connectivity index (χ4n) is 3.66. The monoisotopic (exact) mass is 342 g/mol. The molecule has 134 valence electrons. The van der Waals surface area contributed by atoms with E-state index >= 15 is 0 Å². The van der Waals surface area contributed by atoms with Crippen LogP contribution in [0.25, 0.3) is 0 Å². The van der Waals surface area contributed by atoms with Crippen LogP contribution < -0.4 is 14.8 Å². The van der Waals surface area contributed by atoms with Gasteiger partial charge in [-0.15, -0.1) is 0 Å². The summed E-state index contributed by atoms with van der Waals surface area (Å²) in [7, 11) is 1.70. The van der Waals surface area contributed by atoms with Gasteiger partial charge in [-0.2, -0.15) is 5.10 Å². The Kier molecular flexibility index (Phi) is 4.37. The van der Waals surface area contributed by atoms with E-state index in [2.05, 4.69) is 35.0 Å². The molecule has 0 amide bonds. The molecule has 0 saturated heterocycles. The molecule has 2 atom stereocenters. The Morgan fingerprint density at radius 3 is 3.04 bits per heavy atom. The van der Waals surface area contributed by atoms with E-state index in [1.54, 1.807) is 7.11 Å². The van der Waals surface area contributed by atoms with Crippen LogP contribution in [0.3, 0.4) is 0 Å². The number of rotatable bonds is 4. The van der Waals surface area contributed by atoms with E-state index in [1.165, 1.54) is 5.56 Å². The third-order valence-electron chi connectivity index (χ3n) is 5.02. The summed E-state index contributed by atoms with van der Waals surface area (Å²) in [5, 5.41) is 8.43. The number of benzene rings is 1. The highest BCUT2D eigenvalue weighted by atomic mass is 16.5. The lowest BCUT2D eigenvalue weighted by Gasteiger charge is -2.31. The average molecular weight is 342 g/mol. The first-order valence-electron chi connectivity index (χ1n) is 9.14. The Hall–Kier alpha value is -2.08. The molecule has 1 aromatic carbocycles. The fourth-order valence-corrected chi connectivity index (χ4v) is 3.66. The Morgan fingerprint density at radius 2 is 2.24 bits per heavy atom. The van der Waals surface area contributed by atoms with Gasteiger partial charge in [0.1, 0.15) is 23.9 Å². The number of fused-ring (bicyclic) bond motifs is 2. The highest BCUT2D eigenvalue weighted by molar-refractivity contribution is 5.42. The predicted octanol–water partition coefficient (Wildman–Crippen LogP) is 2.84. The van der Waals surface area contributed by atoms with Crippen LogP contribution in [0.1, 0.15) is 55.9 Å². The van der Waals surface area contributed by atoms with Crippen molar-refractivity contribution in [3.8, 4) is 11.5 Å². The zero-order valence-electron chi connectivity index (χ0n) is 15.2. The van der Waals surface area contributed by atoms with Crippen molar-refractivity contribution in [2.75, 3.05) is 13.7 Å². The second-order valence-electron chi connectivity index (χ2n) is 7.25. The molecule has 0 bridgehead atoms. The maximum Gasteiger partial charge on any atom is 0.153 e. The standard InChI is InChI=1S/C19H26N4O2/c1-12(2)18-21-19-16(5-4-8-23(19)22-18)20-14-9-13-10-15(24-3)6-7-17(13)25-11-14/h6-7,10,12,14,16,20H,4-5,8-9,11H2,1-3H3. The molecule has 6 nitrogen and oxygen atoms in total. The summed E-state index contributed by atoms with van der Waals surface area (Å²) in [4.78, 5) is 4.80. The molecule has 2 unspecified atom stereocenters. The lowest BCUT2D eigenvalue weighted by Crippen LogP contribution is -2.43. The molecule has 2 aliphatic rings. The molecular weight excluding hydrogens is 316 g/mol. The lowest BCUT2D eigenvalue weighted by molar-refractivity contribution is 0.214. The van der Waals surface area contributed by atoms with Gasteiger partial charge in [-0.25, -0.2) is 9.67 Å². The molecule has 2 aromatic rings. The van der Waals surface area contributed by atoms with Gasteiger partial charge in [-0.3, -0.25) is 0 Å². The van der Waals surface area contributed by atoms with E-state index in [9.17, 15) is 0 Å². The van der Waals surface area contributed by atoms with E-state index in [0.29, 0.717) is 12.5 Å². The van der Waals surface area contributed by atoms with E-state index in [0.717, 1.165) is 49.0 Å². The molecule has 3 heterocycles. The molecule has 1 N–H and O–H groups in total. The number of aryl methyl sites for hydroxylation is 1. The van der Waals surface area contributed by atoms with Gasteiger partial charge in [0, 0.05) is 18.5 Å². The van der Waals surface area contributed by atoms with Crippen molar-refractivity contribution < 1.29 is 9.47 Å². The van der Waals surface area contributed by atoms with Crippen LogP contribution in [0.4, 0.5) is 0 Å². The molecular formula is C19H26N4O2. The second-order valence-corrected chi connectivity index (χ2v) is 7.25. The molecule has 0 spiro atoms. The third-order valence-corrected chi connectivity index (χ3v) is 5.02. The number of methoxy groups -OCH3 is 1. The molecule has 0 saturated carbocycles. The van der Waals surface area contributed by atoms with Crippen molar-refractivity contribution in [3.63, 3.8) is 0 Å². The van der Waals surface area contributed by atoms with E-state index in [-0.39, 0.29) is 12.1 Å². The first kappa shape index (κ1) is 16.4. The first-order valence-corrected chi connectivity index (χ1v) is 9.14. The van der Waals surface area contributed by atoms with Gasteiger partial charge < -0.3 is 14.8 Å². The van der Waals surface area contributed by atoms with Crippen LogP contribution >= 0.6 is 0 Å². The van der Waals surface area contributed by atoms with Gasteiger partial charge in [0.2, 0.25) is 0 Å². The third kappa shape index (κ3) is 3.23. The van der Waals surface area contributed by atoms with Crippen molar-refractivity contribution in [1.29, 1.82) is 0 Å². The summed E-state index contributed by atoms with van der Waals surface area (Å²) in [6.45, 7) is 5.93. The maximum atomic E-state index is 5.95. The Labute approximate surface area is 148 Å². The van der Waals surface area contributed by atoms with Gasteiger partial charge in [0.15, 0.2) is 5.82 Å². The molecule has 0 radical (unpaired) electrons. The van der Waals surface area contributed by atoms with Gasteiger partial charge in [0.05, 0.1) is 13.2 Å². The molecule has 2 aliphatic heterocycles. The highest BCUT2D eigenvalue weighted by Gasteiger charge is 2.29. The van der Waals surface area contributed by atoms with Crippen LogP contribution in [0, 0.1) is 0 Å². The van der Waals surface area contributed by atoms with Crippen LogP contribution in [0.15, 0.2) is 18.2 Å². The Morgan fingerprint density at radius 1 is 1.36 bits per heavy atom. The zero-order valence-corrected chi connectivity index (χ0v) is 15.2. The number of hydrogen-bond acceptors (Lipinski definition) is 5. The van der Waals surface area contributed by atoms with E-state index in [1.807, 2.05) is 12.1 Å².